The first-order valence-electron chi connectivity index (χ1n) is 7.55. The van der Waals surface area contributed by atoms with E-state index in [1.54, 1.807) is 18.5 Å². The number of rotatable bonds is 3. The maximum Gasteiger partial charge on any atom is 0.319 e. The molecule has 2 saturated heterocycles. The number of aromatic nitrogens is 3. The van der Waals surface area contributed by atoms with Crippen LogP contribution in [-0.4, -0.2) is 51.3 Å². The van der Waals surface area contributed by atoms with Gasteiger partial charge in [0.15, 0.2) is 0 Å². The lowest BCUT2D eigenvalue weighted by atomic mass is 9.95. The van der Waals surface area contributed by atoms with E-state index in [9.17, 15) is 4.39 Å². The number of ether oxygens (including phenoxy) is 1. The molecular formula is C15H18FN5O. The number of nitrogen functional groups attached to an aromatic ring is 1. The van der Waals surface area contributed by atoms with Crippen LogP contribution in [0.25, 0.3) is 10.9 Å². The molecule has 2 aliphatic rings. The lowest BCUT2D eigenvalue weighted by Crippen LogP contribution is -2.43. The van der Waals surface area contributed by atoms with Gasteiger partial charge in [-0.15, -0.1) is 0 Å². The second-order valence-corrected chi connectivity index (χ2v) is 6.15. The summed E-state index contributed by atoms with van der Waals surface area (Å²) in [6.45, 7) is 1.86. The minimum atomic E-state index is -0.766. The van der Waals surface area contributed by atoms with Gasteiger partial charge >= 0.3 is 6.01 Å². The molecule has 2 aliphatic heterocycles. The van der Waals surface area contributed by atoms with Crippen LogP contribution in [0, 0.1) is 0 Å². The number of hydrogen-bond donors (Lipinski definition) is 1. The molecule has 2 aromatic heterocycles. The van der Waals surface area contributed by atoms with Crippen LogP contribution < -0.4 is 10.5 Å². The topological polar surface area (TPSA) is 77.2 Å². The van der Waals surface area contributed by atoms with E-state index in [4.69, 9.17) is 10.5 Å². The maximum atomic E-state index is 13.7. The van der Waals surface area contributed by atoms with Crippen molar-refractivity contribution in [2.75, 3.05) is 25.4 Å². The molecule has 2 aromatic rings. The Kier molecular flexibility index (Phi) is 3.11. The standard InChI is InChI=1S/C15H18FN5O/c16-10-6-15(3-1-5-21(15)8-10)9-22-14-19-12-2-4-18-7-11(12)13(17)20-14/h2,4,7,10H,1,3,5-6,8-9H2,(H2,17,19,20)/t10-,15+/m1/s1. The first-order chi connectivity index (χ1) is 10.7. The minimum Gasteiger partial charge on any atom is -0.461 e. The molecule has 4 heterocycles. The van der Waals surface area contributed by atoms with E-state index in [-0.39, 0.29) is 11.5 Å². The first-order valence-corrected chi connectivity index (χ1v) is 7.55. The summed E-state index contributed by atoms with van der Waals surface area (Å²) in [5, 5.41) is 0.709. The maximum absolute atomic E-state index is 13.7. The van der Waals surface area contributed by atoms with Crippen LogP contribution in [-0.2, 0) is 0 Å². The molecule has 6 nitrogen and oxygen atoms in total. The van der Waals surface area contributed by atoms with Crippen LogP contribution in [0.3, 0.4) is 0 Å². The Balaban J connectivity index is 1.57. The van der Waals surface area contributed by atoms with Crippen LogP contribution in [0.5, 0.6) is 6.01 Å². The molecule has 2 fully saturated rings. The molecule has 0 amide bonds. The predicted octanol–water partition coefficient (Wildman–Crippen LogP) is 1.56. The molecule has 2 N–H and O–H groups in total. The summed E-state index contributed by atoms with van der Waals surface area (Å²) < 4.78 is 19.5. The summed E-state index contributed by atoms with van der Waals surface area (Å²) in [7, 11) is 0. The second-order valence-electron chi connectivity index (χ2n) is 6.15. The molecule has 0 saturated carbocycles. The third-order valence-corrected chi connectivity index (χ3v) is 4.74. The molecule has 2 atom stereocenters. The highest BCUT2D eigenvalue weighted by atomic mass is 19.1. The van der Waals surface area contributed by atoms with Crippen molar-refractivity contribution < 1.29 is 9.13 Å². The van der Waals surface area contributed by atoms with Gasteiger partial charge in [-0.25, -0.2) is 4.39 Å². The van der Waals surface area contributed by atoms with E-state index >= 15 is 0 Å². The number of halogens is 1. The summed E-state index contributed by atoms with van der Waals surface area (Å²) in [4.78, 5) is 14.8. The van der Waals surface area contributed by atoms with Crippen LogP contribution in [0.2, 0.25) is 0 Å². The molecule has 0 radical (unpaired) electrons. The van der Waals surface area contributed by atoms with Crippen LogP contribution in [0.4, 0.5) is 10.2 Å². The zero-order chi connectivity index (χ0) is 15.2. The molecule has 7 heteroatoms. The number of fused-ring (bicyclic) bond motifs is 2. The van der Waals surface area contributed by atoms with Crippen molar-refractivity contribution in [1.29, 1.82) is 0 Å². The van der Waals surface area contributed by atoms with Crippen molar-refractivity contribution >= 4 is 16.7 Å². The monoisotopic (exact) mass is 303 g/mol. The summed E-state index contributed by atoms with van der Waals surface area (Å²) in [6, 6.07) is 2.02. The summed E-state index contributed by atoms with van der Waals surface area (Å²) in [5.41, 5.74) is 6.42. The van der Waals surface area contributed by atoms with Gasteiger partial charge in [0, 0.05) is 25.4 Å². The second kappa shape index (κ2) is 5.01. The average Bonchev–Trinajstić information content (AvgIpc) is 3.01. The highest BCUT2D eigenvalue weighted by Gasteiger charge is 2.49. The van der Waals surface area contributed by atoms with Crippen molar-refractivity contribution in [3.8, 4) is 6.01 Å². The molecule has 4 rings (SSSR count). The molecule has 0 unspecified atom stereocenters. The van der Waals surface area contributed by atoms with E-state index in [0.717, 1.165) is 19.4 Å². The molecule has 0 spiro atoms. The SMILES string of the molecule is Nc1nc(OC[C@@]23CCCN2C[C@H](F)C3)nc2ccncc12. The lowest BCUT2D eigenvalue weighted by Gasteiger charge is -2.30. The van der Waals surface area contributed by atoms with Crippen molar-refractivity contribution in [2.45, 2.75) is 31.0 Å². The quantitative estimate of drug-likeness (QED) is 0.927. The van der Waals surface area contributed by atoms with E-state index < -0.39 is 6.17 Å². The lowest BCUT2D eigenvalue weighted by molar-refractivity contribution is 0.107. The fourth-order valence-electron chi connectivity index (χ4n) is 3.69. The first kappa shape index (κ1) is 13.6. The largest absolute Gasteiger partial charge is 0.461 e. The van der Waals surface area contributed by atoms with Crippen LogP contribution in [0.1, 0.15) is 19.3 Å². The zero-order valence-corrected chi connectivity index (χ0v) is 12.2. The number of nitrogens with two attached hydrogens (primary N) is 1. The van der Waals surface area contributed by atoms with Gasteiger partial charge in [0.25, 0.3) is 0 Å². The van der Waals surface area contributed by atoms with Gasteiger partial charge in [0.05, 0.1) is 16.4 Å². The van der Waals surface area contributed by atoms with E-state index in [0.29, 0.717) is 36.3 Å². The number of anilines is 1. The van der Waals surface area contributed by atoms with E-state index in [1.807, 2.05) is 0 Å². The fraction of sp³-hybridized carbons (Fsp3) is 0.533. The van der Waals surface area contributed by atoms with Crippen LogP contribution >= 0.6 is 0 Å². The number of nitrogens with zero attached hydrogens (tertiary/aromatic N) is 4. The Morgan fingerprint density at radius 3 is 3.27 bits per heavy atom. The normalized spacial score (nSPS) is 28.1. The van der Waals surface area contributed by atoms with Gasteiger partial charge in [-0.1, -0.05) is 0 Å². The van der Waals surface area contributed by atoms with Gasteiger partial charge < -0.3 is 10.5 Å². The zero-order valence-electron chi connectivity index (χ0n) is 12.2. The minimum absolute atomic E-state index is 0.204. The van der Waals surface area contributed by atoms with Crippen molar-refractivity contribution in [3.63, 3.8) is 0 Å². The summed E-state index contributed by atoms with van der Waals surface area (Å²) >= 11 is 0. The summed E-state index contributed by atoms with van der Waals surface area (Å²) in [5.74, 6) is 0.351. The number of hydrogen-bond acceptors (Lipinski definition) is 6. The Morgan fingerprint density at radius 2 is 2.36 bits per heavy atom. The van der Waals surface area contributed by atoms with Crippen molar-refractivity contribution in [2.24, 2.45) is 0 Å². The molecule has 22 heavy (non-hydrogen) atoms. The molecule has 0 aliphatic carbocycles. The Morgan fingerprint density at radius 1 is 1.45 bits per heavy atom. The van der Waals surface area contributed by atoms with Crippen molar-refractivity contribution in [1.82, 2.24) is 19.9 Å². The third-order valence-electron chi connectivity index (χ3n) is 4.74. The third kappa shape index (κ3) is 2.16. The Hall–Kier alpha value is -2.02. The van der Waals surface area contributed by atoms with E-state index in [1.165, 1.54) is 0 Å². The number of alkyl halides is 1. The highest BCUT2D eigenvalue weighted by molar-refractivity contribution is 5.87. The summed E-state index contributed by atoms with van der Waals surface area (Å²) in [6.07, 6.45) is 5.09. The van der Waals surface area contributed by atoms with Gasteiger partial charge in [-0.2, -0.15) is 9.97 Å². The molecular weight excluding hydrogens is 285 g/mol. The van der Waals surface area contributed by atoms with Crippen molar-refractivity contribution in [3.05, 3.63) is 18.5 Å². The molecule has 0 bridgehead atoms. The number of pyridine rings is 1. The predicted molar refractivity (Wildman–Crippen MR) is 80.3 cm³/mol. The Bertz CT molecular complexity index is 711. The highest BCUT2D eigenvalue weighted by Crippen LogP contribution is 2.40. The van der Waals surface area contributed by atoms with Gasteiger partial charge in [0.2, 0.25) is 0 Å². The molecule has 116 valence electrons. The average molecular weight is 303 g/mol. The molecule has 0 aromatic carbocycles. The van der Waals surface area contributed by atoms with E-state index in [2.05, 4.69) is 19.9 Å². The van der Waals surface area contributed by atoms with Gasteiger partial charge in [0.1, 0.15) is 18.6 Å². The Labute approximate surface area is 127 Å². The van der Waals surface area contributed by atoms with Gasteiger partial charge in [-0.05, 0) is 25.5 Å². The van der Waals surface area contributed by atoms with Gasteiger partial charge in [-0.3, -0.25) is 9.88 Å². The smallest absolute Gasteiger partial charge is 0.319 e. The van der Waals surface area contributed by atoms with Crippen LogP contribution in [0.15, 0.2) is 18.5 Å². The fourth-order valence-corrected chi connectivity index (χ4v) is 3.69.